The number of Topliss-reactive ketones (excluding diaryl/α,β-unsaturated/α-hetero) is 3. The number of morpholine rings is 1. The third-order valence-electron chi connectivity index (χ3n) is 16.6. The van der Waals surface area contributed by atoms with Crippen molar-refractivity contribution in [2.45, 2.75) is 91.8 Å². The first-order valence-corrected chi connectivity index (χ1v) is 27.8. The number of carbonyl (C=O) groups excluding carboxylic acids is 6. The number of anilines is 2. The van der Waals surface area contributed by atoms with Gasteiger partial charge in [-0.15, -0.1) is 0 Å². The fourth-order valence-electron chi connectivity index (χ4n) is 11.6. The zero-order valence-corrected chi connectivity index (χ0v) is 48.0. The van der Waals surface area contributed by atoms with Crippen LogP contribution in [-0.4, -0.2) is 155 Å². The Morgan fingerprint density at radius 3 is 2.20 bits per heavy atom. The number of nitrogens with one attached hydrogen (secondary N) is 3. The molecule has 448 valence electrons. The van der Waals surface area contributed by atoms with Gasteiger partial charge in [0.15, 0.2) is 0 Å². The van der Waals surface area contributed by atoms with E-state index in [1.54, 1.807) is 56.9 Å². The summed E-state index contributed by atoms with van der Waals surface area (Å²) in [4.78, 5) is 93.4. The average Bonchev–Trinajstić information content (AvgIpc) is 1.44. The summed E-state index contributed by atoms with van der Waals surface area (Å²) in [5.74, 6) is -10.6. The number of piperazine rings is 1. The quantitative estimate of drug-likeness (QED) is 0.108. The molecule has 3 aromatic carbocycles. The average molecular weight is 1170 g/mol. The number of phenols is 1. The number of ketones is 3. The Kier molecular flexibility index (Phi) is 17.3. The van der Waals surface area contributed by atoms with E-state index in [0.717, 1.165) is 28.9 Å². The molecule has 5 aliphatic heterocycles. The summed E-state index contributed by atoms with van der Waals surface area (Å²) in [6, 6.07) is 10.4. The number of ether oxygens (including phenoxy) is 5. The lowest BCUT2D eigenvalue weighted by Crippen LogP contribution is -2.52. The molecule has 1 aromatic heterocycles. The topological polar surface area (TPSA) is 259 Å². The van der Waals surface area contributed by atoms with Crippen LogP contribution in [0, 0.1) is 37.5 Å². The highest BCUT2D eigenvalue weighted by atomic mass is 19.4. The summed E-state index contributed by atoms with van der Waals surface area (Å²) < 4.78 is 74.4. The number of hydrogen-bond acceptors (Lipinski definition) is 16. The second-order valence-electron chi connectivity index (χ2n) is 22.3. The molecular formula is C61H69F3N6O14. The maximum absolute atomic E-state index is 14.9. The number of rotatable bonds is 6. The van der Waals surface area contributed by atoms with E-state index in [2.05, 4.69) is 15.6 Å². The van der Waals surface area contributed by atoms with Crippen LogP contribution in [0.2, 0.25) is 0 Å². The molecule has 0 saturated carbocycles. The van der Waals surface area contributed by atoms with Gasteiger partial charge in [-0.3, -0.25) is 24.0 Å². The Balaban J connectivity index is 0.983. The lowest BCUT2D eigenvalue weighted by molar-refractivity contribution is -0.137. The summed E-state index contributed by atoms with van der Waals surface area (Å²) in [5.41, 5.74) is -1.19. The number of alkyl halides is 3. The Morgan fingerprint density at radius 2 is 1.52 bits per heavy atom. The van der Waals surface area contributed by atoms with E-state index < -0.39 is 123 Å². The lowest BCUT2D eigenvalue weighted by Gasteiger charge is -2.40. The number of phenolic OH excluding ortho intramolecular Hbond substituents is 1. The number of aromatic nitrogens is 1. The molecule has 2 saturated heterocycles. The molecule has 3 amide bonds. The maximum Gasteiger partial charge on any atom is 0.418 e. The van der Waals surface area contributed by atoms with Crippen LogP contribution < -0.4 is 20.3 Å². The van der Waals surface area contributed by atoms with Crippen LogP contribution in [0.15, 0.2) is 90.0 Å². The predicted molar refractivity (Wildman–Crippen MR) is 302 cm³/mol. The summed E-state index contributed by atoms with van der Waals surface area (Å²) in [6.45, 7) is 13.0. The largest absolute Gasteiger partial charge is 0.507 e. The number of carbonyl (C=O) groups is 6. The molecule has 0 spiro atoms. The second-order valence-corrected chi connectivity index (χ2v) is 22.3. The number of aromatic hydroxyl groups is 1. The van der Waals surface area contributed by atoms with E-state index >= 15 is 0 Å². The van der Waals surface area contributed by atoms with E-state index in [4.69, 9.17) is 23.7 Å². The maximum atomic E-state index is 14.9. The fraction of sp³-hybridized carbons (Fsp3) is 0.443. The zero-order valence-electron chi connectivity index (χ0n) is 48.0. The van der Waals surface area contributed by atoms with Gasteiger partial charge in [-0.2, -0.15) is 13.2 Å². The number of allylic oxidation sites excluding steroid dienone is 4. The Labute approximate surface area is 482 Å². The van der Waals surface area contributed by atoms with Gasteiger partial charge in [-0.25, -0.2) is 4.79 Å². The molecule has 6 aliphatic rings. The molecule has 1 aliphatic carbocycles. The number of fused-ring (bicyclic) bond motifs is 15. The first kappa shape index (κ1) is 60.6. The molecule has 6 heterocycles. The molecule has 23 heteroatoms. The van der Waals surface area contributed by atoms with Crippen molar-refractivity contribution in [3.8, 4) is 11.5 Å². The first-order valence-electron chi connectivity index (χ1n) is 27.8. The Morgan fingerprint density at radius 1 is 0.821 bits per heavy atom. The highest BCUT2D eigenvalue weighted by Crippen LogP contribution is 2.49. The van der Waals surface area contributed by atoms with Crippen molar-refractivity contribution < 1.29 is 80.9 Å². The van der Waals surface area contributed by atoms with Crippen molar-refractivity contribution in [3.63, 3.8) is 0 Å². The van der Waals surface area contributed by atoms with Gasteiger partial charge in [0.2, 0.25) is 11.6 Å². The SMILES string of the molecule is CO[C@H]1/C=C/O[C@@]2(C)Oc3c(C)c(O)c4c(c3C2=O)C(=O)C(N2CCOCC2)=C(NC(=O)/C(C)=C\C=C\[C@H](C)[C@H](O)[C@@H](C)[C@@H](O)[C@@H](C)[C@H](OC(=O)N2CCN(c3ccc(C(=O)Nc5ccc6[nH]c(C)cc6c5)cc3C(F)(F)F)CC2)[C@@H]1C)C4=O. The lowest BCUT2D eigenvalue weighted by atomic mass is 9.78. The number of nitrogens with zero attached hydrogens (tertiary/aromatic N) is 3. The number of methoxy groups -OCH3 is 1. The Bertz CT molecular complexity index is 3430. The van der Waals surface area contributed by atoms with Crippen molar-refractivity contribution in [1.29, 1.82) is 0 Å². The van der Waals surface area contributed by atoms with Gasteiger partial charge < -0.3 is 69.3 Å². The molecule has 0 radical (unpaired) electrons. The van der Waals surface area contributed by atoms with Crippen LogP contribution in [0.5, 0.6) is 11.5 Å². The van der Waals surface area contributed by atoms with Gasteiger partial charge in [-0.05, 0) is 69.3 Å². The van der Waals surface area contributed by atoms with Crippen LogP contribution in [0.3, 0.4) is 0 Å². The van der Waals surface area contributed by atoms with Gasteiger partial charge in [0.1, 0.15) is 29.0 Å². The summed E-state index contributed by atoms with van der Waals surface area (Å²) in [7, 11) is 1.36. The number of H-pyrrole nitrogens is 1. The van der Waals surface area contributed by atoms with E-state index in [1.165, 1.54) is 68.0 Å². The first-order chi connectivity index (χ1) is 39.7. The number of aliphatic hydroxyl groups is 2. The fourth-order valence-corrected chi connectivity index (χ4v) is 11.6. The van der Waals surface area contributed by atoms with E-state index in [-0.39, 0.29) is 91.9 Å². The molecule has 20 nitrogen and oxygen atoms in total. The van der Waals surface area contributed by atoms with Gasteiger partial charge in [0.25, 0.3) is 17.6 Å². The summed E-state index contributed by atoms with van der Waals surface area (Å²) in [6.07, 6.45) is -3.43. The summed E-state index contributed by atoms with van der Waals surface area (Å²) >= 11 is 0. The number of amides is 3. The van der Waals surface area contributed by atoms with Gasteiger partial charge >= 0.3 is 18.1 Å². The monoisotopic (exact) mass is 1170 g/mol. The van der Waals surface area contributed by atoms with Crippen molar-refractivity contribution in [2.24, 2.45) is 23.7 Å². The van der Waals surface area contributed by atoms with E-state index in [9.17, 15) is 57.3 Å². The number of aryl methyl sites for hydroxylation is 1. The minimum atomic E-state index is -4.86. The van der Waals surface area contributed by atoms with E-state index in [1.807, 2.05) is 13.0 Å². The second kappa shape index (κ2) is 23.9. The van der Waals surface area contributed by atoms with Crippen LogP contribution in [0.25, 0.3) is 10.9 Å². The van der Waals surface area contributed by atoms with Crippen LogP contribution >= 0.6 is 0 Å². The highest BCUT2D eigenvalue weighted by molar-refractivity contribution is 6.32. The van der Waals surface area contributed by atoms with Crippen molar-refractivity contribution in [2.75, 3.05) is 69.8 Å². The molecule has 84 heavy (non-hydrogen) atoms. The minimum Gasteiger partial charge on any atom is -0.507 e. The standard InChI is InChI=1S/C61H69F3N6O14/c1-30-11-10-12-31(2)57(77)67-47-48(69-22-25-81-26-23-69)53(75)44-45(52(47)74)51(73)36(7)55-46(44)56(76)60(8,84-55)82-24-17-43(80-9)33(4)54(35(6)50(72)34(5)49(30)71)83-59(79)70-20-18-68(19-21-70)42-16-13-37(29-40(42)61(62,63)64)58(78)66-39-14-15-41-38(28-39)27-32(3)65-41/h10-17,24,27-30,33-35,43,49-50,54,65,71-73H,18-23,25-26H2,1-9H3,(H,66,78)(H,67,77)/b11-10+,24-17+,31-12-/t30-,33+,34+,35+,43-,49-,50+,54+,60-/m0/s1. The highest BCUT2D eigenvalue weighted by Gasteiger charge is 2.53. The van der Waals surface area contributed by atoms with Crippen molar-refractivity contribution in [1.82, 2.24) is 20.1 Å². The van der Waals surface area contributed by atoms with Gasteiger partial charge in [0, 0.05) is 122 Å². The molecular weight excluding hydrogens is 1100 g/mol. The minimum absolute atomic E-state index is 0.0599. The van der Waals surface area contributed by atoms with Crippen LogP contribution in [-0.2, 0) is 29.9 Å². The number of benzene rings is 3. The van der Waals surface area contributed by atoms with E-state index in [0.29, 0.717) is 5.69 Å². The molecule has 2 fully saturated rings. The molecule has 9 atom stereocenters. The third-order valence-corrected chi connectivity index (χ3v) is 16.6. The molecule has 4 aromatic rings. The smallest absolute Gasteiger partial charge is 0.418 e. The summed E-state index contributed by atoms with van der Waals surface area (Å²) in [5, 5.41) is 41.6. The number of aromatic amines is 1. The van der Waals surface area contributed by atoms with Gasteiger partial charge in [-0.1, -0.05) is 45.9 Å². The third kappa shape index (κ3) is 11.7. The van der Waals surface area contributed by atoms with Crippen LogP contribution in [0.4, 0.5) is 29.3 Å². The molecule has 5 bridgehead atoms. The normalized spacial score (nSPS) is 27.9. The number of halogens is 3. The predicted octanol–water partition coefficient (Wildman–Crippen LogP) is 7.75. The molecule has 6 N–H and O–H groups in total. The molecule has 0 unspecified atom stereocenters. The number of hydrogen-bond donors (Lipinski definition) is 6. The number of aliphatic hydroxyl groups excluding tert-OH is 2. The zero-order chi connectivity index (χ0) is 60.9. The van der Waals surface area contributed by atoms with Crippen LogP contribution in [0.1, 0.15) is 99.8 Å². The molecule has 10 rings (SSSR count). The Hall–Kier alpha value is -7.99. The van der Waals surface area contributed by atoms with Crippen molar-refractivity contribution in [3.05, 3.63) is 129 Å². The van der Waals surface area contributed by atoms with Gasteiger partial charge in [0.05, 0.1) is 60.0 Å². The van der Waals surface area contributed by atoms with Crippen molar-refractivity contribution >= 4 is 57.5 Å².